The smallest absolute Gasteiger partial charge is 0.263 e. The lowest BCUT2D eigenvalue weighted by Gasteiger charge is -2.10. The molecule has 7 heteroatoms. The van der Waals surface area contributed by atoms with Crippen molar-refractivity contribution < 1.29 is 8.42 Å². The summed E-state index contributed by atoms with van der Waals surface area (Å²) in [5.41, 5.74) is 1.50. The average Bonchev–Trinajstić information content (AvgIpc) is 2.48. The summed E-state index contributed by atoms with van der Waals surface area (Å²) < 4.78 is 27.1. The highest BCUT2D eigenvalue weighted by Gasteiger charge is 2.18. The van der Waals surface area contributed by atoms with E-state index >= 15 is 0 Å². The zero-order chi connectivity index (χ0) is 15.5. The maximum absolute atomic E-state index is 12.3. The molecule has 0 amide bonds. The minimum Gasteiger partial charge on any atom is -0.388 e. The summed E-state index contributed by atoms with van der Waals surface area (Å²) in [6.07, 6.45) is 0. The normalized spacial score (nSPS) is 10.7. The number of benzene rings is 2. The SMILES string of the molecule is CNc1ccc(NS(=O)(=O)c2cc(C#N)ccc2Cl)cc1. The zero-order valence-corrected chi connectivity index (χ0v) is 12.7. The Labute approximate surface area is 128 Å². The third-order valence-electron chi connectivity index (χ3n) is 2.78. The van der Waals surface area contributed by atoms with E-state index in [1.807, 2.05) is 6.07 Å². The van der Waals surface area contributed by atoms with Gasteiger partial charge in [-0.05, 0) is 42.5 Å². The lowest BCUT2D eigenvalue weighted by Crippen LogP contribution is -2.13. The van der Waals surface area contributed by atoms with Gasteiger partial charge < -0.3 is 5.32 Å². The van der Waals surface area contributed by atoms with Gasteiger partial charge in [0.2, 0.25) is 0 Å². The summed E-state index contributed by atoms with van der Waals surface area (Å²) in [4.78, 5) is -0.124. The highest BCUT2D eigenvalue weighted by atomic mass is 35.5. The number of halogens is 1. The molecule has 0 bridgehead atoms. The Bertz CT molecular complexity index is 796. The molecule has 0 spiro atoms. The second-order valence-corrected chi connectivity index (χ2v) is 6.25. The first-order valence-electron chi connectivity index (χ1n) is 5.96. The molecule has 2 aromatic carbocycles. The van der Waals surface area contributed by atoms with Crippen molar-refractivity contribution in [2.45, 2.75) is 4.90 Å². The Morgan fingerprint density at radius 1 is 1.10 bits per heavy atom. The van der Waals surface area contributed by atoms with Crippen LogP contribution < -0.4 is 10.0 Å². The number of nitrogens with one attached hydrogen (secondary N) is 2. The third kappa shape index (κ3) is 3.45. The first kappa shape index (κ1) is 15.2. The van der Waals surface area contributed by atoms with Crippen molar-refractivity contribution in [3.8, 4) is 6.07 Å². The van der Waals surface area contributed by atoms with Crippen LogP contribution in [-0.2, 0) is 10.0 Å². The molecule has 2 rings (SSSR count). The van der Waals surface area contributed by atoms with E-state index in [-0.39, 0.29) is 15.5 Å². The maximum atomic E-state index is 12.3. The summed E-state index contributed by atoms with van der Waals surface area (Å²) in [7, 11) is -2.08. The molecule has 0 unspecified atom stereocenters. The molecule has 5 nitrogen and oxygen atoms in total. The largest absolute Gasteiger partial charge is 0.388 e. The maximum Gasteiger partial charge on any atom is 0.263 e. The van der Waals surface area contributed by atoms with E-state index in [4.69, 9.17) is 16.9 Å². The van der Waals surface area contributed by atoms with Gasteiger partial charge in [-0.25, -0.2) is 8.42 Å². The quantitative estimate of drug-likeness (QED) is 0.906. The van der Waals surface area contributed by atoms with Crippen LogP contribution in [0.2, 0.25) is 5.02 Å². The molecule has 0 aliphatic heterocycles. The Morgan fingerprint density at radius 3 is 2.29 bits per heavy atom. The first-order chi connectivity index (χ1) is 9.96. The third-order valence-corrected chi connectivity index (χ3v) is 4.64. The summed E-state index contributed by atoms with van der Waals surface area (Å²) in [5.74, 6) is 0. The van der Waals surface area contributed by atoms with Crippen molar-refractivity contribution in [2.24, 2.45) is 0 Å². The number of nitriles is 1. The van der Waals surface area contributed by atoms with Gasteiger partial charge in [0.25, 0.3) is 10.0 Å². The van der Waals surface area contributed by atoms with Gasteiger partial charge in [-0.3, -0.25) is 4.72 Å². The molecule has 0 saturated carbocycles. The molecule has 0 fully saturated rings. The molecule has 108 valence electrons. The minimum atomic E-state index is -3.85. The molecule has 2 aromatic rings. The minimum absolute atomic E-state index is 0.0633. The highest BCUT2D eigenvalue weighted by Crippen LogP contribution is 2.25. The van der Waals surface area contributed by atoms with Gasteiger partial charge in [0.15, 0.2) is 0 Å². The summed E-state index contributed by atoms with van der Waals surface area (Å²) in [6, 6.07) is 12.7. The van der Waals surface area contributed by atoms with Crippen LogP contribution in [-0.4, -0.2) is 15.5 Å². The van der Waals surface area contributed by atoms with Crippen LogP contribution in [0.3, 0.4) is 0 Å². The van der Waals surface area contributed by atoms with E-state index in [0.717, 1.165) is 5.69 Å². The summed E-state index contributed by atoms with van der Waals surface area (Å²) in [5, 5.41) is 11.9. The topological polar surface area (TPSA) is 82.0 Å². The van der Waals surface area contributed by atoms with Crippen molar-refractivity contribution in [3.63, 3.8) is 0 Å². The molecule has 0 heterocycles. The molecule has 0 aliphatic rings. The van der Waals surface area contributed by atoms with Crippen LogP contribution in [0.5, 0.6) is 0 Å². The molecule has 0 saturated heterocycles. The van der Waals surface area contributed by atoms with Crippen molar-refractivity contribution in [3.05, 3.63) is 53.1 Å². The van der Waals surface area contributed by atoms with E-state index in [2.05, 4.69) is 10.0 Å². The number of anilines is 2. The van der Waals surface area contributed by atoms with E-state index in [0.29, 0.717) is 5.69 Å². The van der Waals surface area contributed by atoms with E-state index in [1.165, 1.54) is 18.2 Å². The predicted octanol–water partition coefficient (Wildman–Crippen LogP) is 3.05. The van der Waals surface area contributed by atoms with Gasteiger partial charge in [0.05, 0.1) is 16.7 Å². The van der Waals surface area contributed by atoms with Gasteiger partial charge in [0.1, 0.15) is 4.90 Å². The Kier molecular flexibility index (Phi) is 4.36. The van der Waals surface area contributed by atoms with Crippen LogP contribution in [0.25, 0.3) is 0 Å². The van der Waals surface area contributed by atoms with Crippen LogP contribution in [0.1, 0.15) is 5.56 Å². The van der Waals surface area contributed by atoms with Crippen LogP contribution in [0.4, 0.5) is 11.4 Å². The van der Waals surface area contributed by atoms with Crippen molar-refractivity contribution >= 4 is 33.0 Å². The molecule has 0 radical (unpaired) electrons. The summed E-state index contributed by atoms with van der Waals surface area (Å²) in [6.45, 7) is 0. The Balaban J connectivity index is 2.36. The van der Waals surface area contributed by atoms with Crippen LogP contribution in [0.15, 0.2) is 47.4 Å². The van der Waals surface area contributed by atoms with Crippen LogP contribution in [0, 0.1) is 11.3 Å². The Hall–Kier alpha value is -2.23. The summed E-state index contributed by atoms with van der Waals surface area (Å²) >= 11 is 5.91. The van der Waals surface area contributed by atoms with E-state index < -0.39 is 10.0 Å². The molecule has 2 N–H and O–H groups in total. The molecule has 0 aromatic heterocycles. The predicted molar refractivity (Wildman–Crippen MR) is 83.0 cm³/mol. The fourth-order valence-corrected chi connectivity index (χ4v) is 3.28. The molecular weight excluding hydrogens is 310 g/mol. The highest BCUT2D eigenvalue weighted by molar-refractivity contribution is 7.92. The first-order valence-corrected chi connectivity index (χ1v) is 7.82. The number of hydrogen-bond acceptors (Lipinski definition) is 4. The fourth-order valence-electron chi connectivity index (χ4n) is 1.69. The second-order valence-electron chi connectivity index (χ2n) is 4.19. The van der Waals surface area contributed by atoms with E-state index in [9.17, 15) is 8.42 Å². The van der Waals surface area contributed by atoms with Crippen molar-refractivity contribution in [1.29, 1.82) is 5.26 Å². The fraction of sp³-hybridized carbons (Fsp3) is 0.0714. The van der Waals surface area contributed by atoms with Gasteiger partial charge in [-0.1, -0.05) is 11.6 Å². The van der Waals surface area contributed by atoms with Crippen LogP contribution >= 0.6 is 11.6 Å². The molecule has 21 heavy (non-hydrogen) atoms. The van der Waals surface area contributed by atoms with Gasteiger partial charge in [-0.15, -0.1) is 0 Å². The van der Waals surface area contributed by atoms with E-state index in [1.54, 1.807) is 31.3 Å². The average molecular weight is 322 g/mol. The lowest BCUT2D eigenvalue weighted by molar-refractivity contribution is 0.601. The molecule has 0 aliphatic carbocycles. The van der Waals surface area contributed by atoms with Gasteiger partial charge >= 0.3 is 0 Å². The second kappa shape index (κ2) is 6.04. The standard InChI is InChI=1S/C14H12ClN3O2S/c1-17-11-3-5-12(6-4-11)18-21(19,20)14-8-10(9-16)2-7-13(14)15/h2-8,17-18H,1H3. The number of sulfonamides is 1. The molecule has 0 atom stereocenters. The van der Waals surface area contributed by atoms with Crippen molar-refractivity contribution in [2.75, 3.05) is 17.1 Å². The number of hydrogen-bond donors (Lipinski definition) is 2. The lowest BCUT2D eigenvalue weighted by atomic mass is 10.2. The van der Waals surface area contributed by atoms with Gasteiger partial charge in [-0.2, -0.15) is 5.26 Å². The van der Waals surface area contributed by atoms with Gasteiger partial charge in [0, 0.05) is 18.4 Å². The number of rotatable bonds is 4. The Morgan fingerprint density at radius 2 is 1.71 bits per heavy atom. The monoisotopic (exact) mass is 321 g/mol. The molecular formula is C14H12ClN3O2S. The number of nitrogens with zero attached hydrogens (tertiary/aromatic N) is 1. The van der Waals surface area contributed by atoms with Crippen molar-refractivity contribution in [1.82, 2.24) is 0 Å². The zero-order valence-electron chi connectivity index (χ0n) is 11.1.